The zero-order chi connectivity index (χ0) is 16.7. The summed E-state index contributed by atoms with van der Waals surface area (Å²) >= 11 is 0. The van der Waals surface area contributed by atoms with Gasteiger partial charge >= 0.3 is 0 Å². The molecule has 0 atom stereocenters. The van der Waals surface area contributed by atoms with E-state index in [2.05, 4.69) is 47.7 Å². The van der Waals surface area contributed by atoms with Gasteiger partial charge in [0.25, 0.3) is 0 Å². The number of nitrogens with zero attached hydrogens (tertiary/aromatic N) is 3. The summed E-state index contributed by atoms with van der Waals surface area (Å²) in [6, 6.07) is 0. The molecule has 1 heterocycles. The van der Waals surface area contributed by atoms with Crippen LogP contribution in [0.25, 0.3) is 0 Å². The number of aliphatic imine (C=N–C) groups is 1. The molecule has 0 aromatic carbocycles. The maximum atomic E-state index is 4.35. The third-order valence-electron chi connectivity index (χ3n) is 4.73. The second-order valence-corrected chi connectivity index (χ2v) is 7.44. The quantitative estimate of drug-likeness (QED) is 0.440. The molecule has 0 saturated heterocycles. The van der Waals surface area contributed by atoms with Crippen LogP contribution >= 0.6 is 0 Å². The minimum atomic E-state index is 0.498. The van der Waals surface area contributed by atoms with Gasteiger partial charge in [-0.25, -0.2) is 0 Å². The fraction of sp³-hybridized carbons (Fsp3) is 0.778. The molecule has 1 saturated carbocycles. The van der Waals surface area contributed by atoms with Gasteiger partial charge in [-0.3, -0.25) is 9.67 Å². The molecule has 0 amide bonds. The van der Waals surface area contributed by atoms with E-state index in [0.29, 0.717) is 5.41 Å². The summed E-state index contributed by atoms with van der Waals surface area (Å²) < 4.78 is 2.00. The molecule has 1 aliphatic rings. The van der Waals surface area contributed by atoms with Crippen LogP contribution in [0.15, 0.2) is 17.4 Å². The molecule has 1 fully saturated rings. The van der Waals surface area contributed by atoms with Crippen molar-refractivity contribution < 1.29 is 0 Å². The second-order valence-electron chi connectivity index (χ2n) is 7.44. The number of aromatic nitrogens is 2. The number of guanidine groups is 1. The van der Waals surface area contributed by atoms with Crippen molar-refractivity contribution in [2.24, 2.45) is 16.3 Å². The van der Waals surface area contributed by atoms with E-state index in [0.717, 1.165) is 37.9 Å². The third-order valence-corrected chi connectivity index (χ3v) is 4.73. The fourth-order valence-corrected chi connectivity index (χ4v) is 3.52. The van der Waals surface area contributed by atoms with Gasteiger partial charge in [0.15, 0.2) is 5.96 Å². The predicted octanol–water partition coefficient (Wildman–Crippen LogP) is 2.96. The van der Waals surface area contributed by atoms with E-state index in [1.165, 1.54) is 31.2 Å². The number of nitrogens with one attached hydrogen (secondary N) is 2. The van der Waals surface area contributed by atoms with Crippen LogP contribution in [0.2, 0.25) is 0 Å². The van der Waals surface area contributed by atoms with Crippen molar-refractivity contribution in [1.29, 1.82) is 0 Å². The van der Waals surface area contributed by atoms with Crippen LogP contribution in [0.4, 0.5) is 0 Å². The molecule has 0 unspecified atom stereocenters. The van der Waals surface area contributed by atoms with Crippen LogP contribution in [-0.2, 0) is 6.54 Å². The van der Waals surface area contributed by atoms with Crippen LogP contribution in [0.5, 0.6) is 0 Å². The first-order valence-corrected chi connectivity index (χ1v) is 8.97. The Labute approximate surface area is 141 Å². The summed E-state index contributed by atoms with van der Waals surface area (Å²) in [6.07, 6.45) is 10.4. The molecule has 1 aromatic rings. The molecular weight excluding hydrogens is 286 g/mol. The summed E-state index contributed by atoms with van der Waals surface area (Å²) in [7, 11) is 1.85. The normalized spacial score (nSPS) is 17.2. The first-order chi connectivity index (χ1) is 11.0. The average molecular weight is 319 g/mol. The molecule has 130 valence electrons. The van der Waals surface area contributed by atoms with Crippen LogP contribution in [0, 0.1) is 18.3 Å². The molecule has 1 aliphatic carbocycles. The van der Waals surface area contributed by atoms with Crippen molar-refractivity contribution in [3.63, 3.8) is 0 Å². The van der Waals surface area contributed by atoms with Gasteiger partial charge < -0.3 is 10.6 Å². The van der Waals surface area contributed by atoms with Gasteiger partial charge in [0.2, 0.25) is 0 Å². The summed E-state index contributed by atoms with van der Waals surface area (Å²) in [5.41, 5.74) is 1.71. The van der Waals surface area contributed by atoms with E-state index in [1.807, 2.05) is 17.9 Å². The average Bonchev–Trinajstić information content (AvgIpc) is 2.88. The second kappa shape index (κ2) is 8.37. The van der Waals surface area contributed by atoms with Crippen molar-refractivity contribution in [3.05, 3.63) is 18.0 Å². The van der Waals surface area contributed by atoms with Gasteiger partial charge in [-0.05, 0) is 49.5 Å². The zero-order valence-corrected chi connectivity index (χ0v) is 15.2. The Hall–Kier alpha value is -1.52. The maximum absolute atomic E-state index is 4.35. The highest BCUT2D eigenvalue weighted by atomic mass is 15.3. The number of hydrogen-bond acceptors (Lipinski definition) is 2. The van der Waals surface area contributed by atoms with Gasteiger partial charge in [0.1, 0.15) is 0 Å². The van der Waals surface area contributed by atoms with E-state index in [-0.39, 0.29) is 0 Å². The summed E-state index contributed by atoms with van der Waals surface area (Å²) in [5, 5.41) is 11.3. The molecule has 0 spiro atoms. The lowest BCUT2D eigenvalue weighted by Crippen LogP contribution is -2.47. The van der Waals surface area contributed by atoms with Crippen LogP contribution in [0.1, 0.15) is 51.5 Å². The lowest BCUT2D eigenvalue weighted by Gasteiger charge is -2.43. The molecule has 5 heteroatoms. The Balaban J connectivity index is 1.67. The summed E-state index contributed by atoms with van der Waals surface area (Å²) in [4.78, 5) is 4.35. The minimum Gasteiger partial charge on any atom is -0.356 e. The Kier molecular flexibility index (Phi) is 6.48. The molecule has 23 heavy (non-hydrogen) atoms. The number of rotatable bonds is 8. The van der Waals surface area contributed by atoms with Gasteiger partial charge in [-0.2, -0.15) is 5.10 Å². The highest BCUT2D eigenvalue weighted by Crippen LogP contribution is 2.45. The van der Waals surface area contributed by atoms with Crippen LogP contribution < -0.4 is 10.6 Å². The third kappa shape index (κ3) is 5.56. The Morgan fingerprint density at radius 3 is 2.70 bits per heavy atom. The van der Waals surface area contributed by atoms with Crippen LogP contribution in [-0.4, -0.2) is 35.9 Å². The first-order valence-electron chi connectivity index (χ1n) is 8.97. The highest BCUT2D eigenvalue weighted by molar-refractivity contribution is 5.79. The maximum Gasteiger partial charge on any atom is 0.190 e. The molecule has 2 N–H and O–H groups in total. The zero-order valence-electron chi connectivity index (χ0n) is 15.2. The summed E-state index contributed by atoms with van der Waals surface area (Å²) in [6.45, 7) is 9.61. The SMILES string of the molecule is CN=C(NCCCn1cc(C)cn1)NCC1(CC(C)C)CCC1. The van der Waals surface area contributed by atoms with E-state index >= 15 is 0 Å². The lowest BCUT2D eigenvalue weighted by atomic mass is 9.64. The topological polar surface area (TPSA) is 54.2 Å². The van der Waals surface area contributed by atoms with E-state index < -0.39 is 0 Å². The van der Waals surface area contributed by atoms with Crippen molar-refractivity contribution in [2.75, 3.05) is 20.1 Å². The van der Waals surface area contributed by atoms with E-state index in [9.17, 15) is 0 Å². The predicted molar refractivity (Wildman–Crippen MR) is 96.7 cm³/mol. The number of aryl methyl sites for hydroxylation is 2. The van der Waals surface area contributed by atoms with Crippen LogP contribution in [0.3, 0.4) is 0 Å². The fourth-order valence-electron chi connectivity index (χ4n) is 3.52. The van der Waals surface area contributed by atoms with Gasteiger partial charge in [-0.15, -0.1) is 0 Å². The number of hydrogen-bond donors (Lipinski definition) is 2. The Morgan fingerprint density at radius 1 is 1.39 bits per heavy atom. The highest BCUT2D eigenvalue weighted by Gasteiger charge is 2.37. The van der Waals surface area contributed by atoms with Crippen molar-refractivity contribution >= 4 is 5.96 Å². The summed E-state index contributed by atoms with van der Waals surface area (Å²) in [5.74, 6) is 1.70. The lowest BCUT2D eigenvalue weighted by molar-refractivity contribution is 0.104. The smallest absolute Gasteiger partial charge is 0.190 e. The van der Waals surface area contributed by atoms with Gasteiger partial charge in [-0.1, -0.05) is 20.3 Å². The Bertz CT molecular complexity index is 499. The monoisotopic (exact) mass is 319 g/mol. The van der Waals surface area contributed by atoms with Gasteiger partial charge in [0, 0.05) is 32.9 Å². The minimum absolute atomic E-state index is 0.498. The molecular formula is C18H33N5. The molecule has 1 aromatic heterocycles. The van der Waals surface area contributed by atoms with E-state index in [4.69, 9.17) is 0 Å². The molecule has 2 rings (SSSR count). The van der Waals surface area contributed by atoms with Crippen molar-refractivity contribution in [1.82, 2.24) is 20.4 Å². The van der Waals surface area contributed by atoms with E-state index in [1.54, 1.807) is 0 Å². The van der Waals surface area contributed by atoms with Gasteiger partial charge in [0.05, 0.1) is 6.20 Å². The molecule has 0 bridgehead atoms. The standard InChI is InChI=1S/C18H33N5/c1-15(2)11-18(7-5-8-18)14-21-17(19-4)20-9-6-10-23-13-16(3)12-22-23/h12-13,15H,5-11,14H2,1-4H3,(H2,19,20,21). The largest absolute Gasteiger partial charge is 0.356 e. The first kappa shape index (κ1) is 17.8. The van der Waals surface area contributed by atoms with Crippen molar-refractivity contribution in [3.8, 4) is 0 Å². The van der Waals surface area contributed by atoms with Crippen molar-refractivity contribution in [2.45, 2.75) is 59.4 Å². The molecule has 5 nitrogen and oxygen atoms in total. The molecule has 0 aliphatic heterocycles. The Morgan fingerprint density at radius 2 is 2.17 bits per heavy atom. The molecule has 0 radical (unpaired) electrons.